The van der Waals surface area contributed by atoms with E-state index in [4.69, 9.17) is 34.8 Å². The quantitative estimate of drug-likeness (QED) is 0.613. The van der Waals surface area contributed by atoms with Gasteiger partial charge in [0.25, 0.3) is 0 Å². The molecule has 14 heavy (non-hydrogen) atoms. The number of hydrogen-bond acceptors (Lipinski definition) is 3. The Bertz CT molecular complexity index is 464. The molecule has 0 heterocycles. The van der Waals surface area contributed by atoms with Crippen LogP contribution in [0.1, 0.15) is 0 Å². The molecule has 0 saturated carbocycles. The number of rotatable bonds is 3. The van der Waals surface area contributed by atoms with Crippen LogP contribution in [0.25, 0.3) is 0 Å². The maximum atomic E-state index is 4.97. The molecular formula is P4S10. The van der Waals surface area contributed by atoms with E-state index in [-0.39, 0.29) is 6.99 Å². The molecule has 0 aromatic heterocycles. The van der Waals surface area contributed by atoms with Gasteiger partial charge in [0.2, 0.25) is 0 Å². The molecule has 0 N–H and O–H groups in total. The average molecular weight is 445 g/mol. The fourth-order valence-corrected chi connectivity index (χ4v) is 35.5. The molecule has 0 fully saturated rings. The summed E-state index contributed by atoms with van der Waals surface area (Å²) >= 11 is 14.7. The van der Waals surface area contributed by atoms with Crippen molar-refractivity contribution in [1.82, 2.24) is 0 Å². The first kappa shape index (κ1) is 17.5. The maximum absolute atomic E-state index is 4.97. The molecule has 0 aliphatic heterocycles. The van der Waals surface area contributed by atoms with Crippen LogP contribution in [0.3, 0.4) is 0 Å². The van der Waals surface area contributed by atoms with Crippen LogP contribution in [0.2, 0.25) is 0 Å². The molecule has 0 aliphatic carbocycles. The summed E-state index contributed by atoms with van der Waals surface area (Å²) in [4.78, 5) is 0. The van der Waals surface area contributed by atoms with Crippen molar-refractivity contribution in [2.45, 2.75) is 0 Å². The summed E-state index contributed by atoms with van der Waals surface area (Å²) in [5.41, 5.74) is 0. The molecule has 0 saturated heterocycles. The minimum absolute atomic E-state index is 0.151. The molecule has 80 valence electrons. The zero-order valence-electron chi connectivity index (χ0n) is 5.87. The van der Waals surface area contributed by atoms with Gasteiger partial charge in [-0.1, -0.05) is 23.6 Å². The molecule has 0 amide bonds. The summed E-state index contributed by atoms with van der Waals surface area (Å²) in [6.07, 6.45) is 0. The van der Waals surface area contributed by atoms with E-state index in [0.717, 1.165) is 14.1 Å². The Labute approximate surface area is 123 Å². The van der Waals surface area contributed by atoms with E-state index in [0.29, 0.717) is 0 Å². The highest BCUT2D eigenvalue weighted by atomic mass is 33.4. The lowest BCUT2D eigenvalue weighted by Crippen LogP contribution is -1.35. The zero-order chi connectivity index (χ0) is 10.6. The molecule has 0 aromatic carbocycles. The minimum Gasteiger partial charge on any atom is -0.0511 e. The van der Waals surface area contributed by atoms with Crippen LogP contribution in [0, 0.1) is 0 Å². The summed E-state index contributed by atoms with van der Waals surface area (Å²) in [7, 11) is 15.2. The largest absolute Gasteiger partial charge is 0.0877 e. The minimum atomic E-state index is -0.151. The fourth-order valence-electron chi connectivity index (χ4n) is 0.146. The second-order valence-electron chi connectivity index (χ2n) is 0.996. The SMILES string of the molecule is S=PP(P=S)P=S=S=S=S=S=S=S=S. The van der Waals surface area contributed by atoms with Crippen molar-refractivity contribution in [1.29, 1.82) is 0 Å². The zero-order valence-corrected chi connectivity index (χ0v) is 17.6. The molecule has 0 atom stereocenters. The van der Waals surface area contributed by atoms with E-state index in [1.54, 1.807) is 44.4 Å². The van der Waals surface area contributed by atoms with Crippen LogP contribution in [0.4, 0.5) is 0 Å². The highest BCUT2D eigenvalue weighted by Crippen LogP contribution is 2.69. The van der Waals surface area contributed by atoms with Gasteiger partial charge in [-0.05, 0) is 74.0 Å². The van der Waals surface area contributed by atoms with Gasteiger partial charge in [0, 0.05) is 21.1 Å². The van der Waals surface area contributed by atoms with Crippen molar-refractivity contribution in [2.24, 2.45) is 0 Å². The monoisotopic (exact) mass is 444 g/mol. The second kappa shape index (κ2) is 14.6. The molecule has 0 aliphatic rings. The predicted octanol–water partition coefficient (Wildman–Crippen LogP) is 3.42. The lowest BCUT2D eigenvalue weighted by Gasteiger charge is -1.84. The molecule has 0 radical (unpaired) electrons. The third-order valence-electron chi connectivity index (χ3n) is 0.422. The first-order valence-electron chi connectivity index (χ1n) is 2.31. The Morgan fingerprint density at radius 3 is 2.00 bits per heavy atom. The van der Waals surface area contributed by atoms with Gasteiger partial charge >= 0.3 is 0 Å². The number of hydrogen-bond donors (Lipinski definition) is 0. The summed E-state index contributed by atoms with van der Waals surface area (Å²) < 4.78 is 0. The predicted molar refractivity (Wildman–Crippen MR) is 101 cm³/mol. The molecule has 14 heteroatoms. The summed E-state index contributed by atoms with van der Waals surface area (Å²) in [5, 5.41) is 0. The molecule has 0 aromatic rings. The van der Waals surface area contributed by atoms with Gasteiger partial charge in [0.15, 0.2) is 0 Å². The summed E-state index contributed by atoms with van der Waals surface area (Å²) in [6, 6.07) is 0. The standard InChI is InChI=1S/P4S10/c5-1-4(2-6)3-8-10-12-14-13-11-9-7. The normalized spacial score (nSPS) is 11.7. The van der Waals surface area contributed by atoms with Gasteiger partial charge < -0.3 is 0 Å². The van der Waals surface area contributed by atoms with Crippen LogP contribution in [0.15, 0.2) is 0 Å². The summed E-state index contributed by atoms with van der Waals surface area (Å²) in [6.45, 7) is -0.151. The molecule has 0 nitrogen and oxygen atoms in total. The first-order valence-corrected chi connectivity index (χ1v) is 20.8. The Hall–Kier alpha value is 3.53. The molecule has 0 rings (SSSR count). The fraction of sp³-hybridized carbons (Fsp3) is 0. The molecule has 0 unspecified atom stereocenters. The van der Waals surface area contributed by atoms with E-state index in [9.17, 15) is 0 Å². The summed E-state index contributed by atoms with van der Waals surface area (Å²) in [5.74, 6) is 0. The van der Waals surface area contributed by atoms with Gasteiger partial charge in [0.1, 0.15) is 0 Å². The lowest BCUT2D eigenvalue weighted by molar-refractivity contribution is 5.07. The van der Waals surface area contributed by atoms with Gasteiger partial charge in [-0.3, -0.25) is 0 Å². The maximum Gasteiger partial charge on any atom is 0.0877 e. The highest BCUT2D eigenvalue weighted by Gasteiger charge is 1.93. The van der Waals surface area contributed by atoms with Gasteiger partial charge in [-0.15, -0.1) is 0 Å². The van der Waals surface area contributed by atoms with E-state index in [2.05, 4.69) is 0 Å². The van der Waals surface area contributed by atoms with Crippen molar-refractivity contribution in [3.05, 3.63) is 0 Å². The van der Waals surface area contributed by atoms with Crippen molar-refractivity contribution < 1.29 is 0 Å². The Morgan fingerprint density at radius 1 is 0.857 bits per heavy atom. The lowest BCUT2D eigenvalue weighted by atomic mass is 29.2. The molecule has 0 spiro atoms. The van der Waals surface area contributed by atoms with E-state index in [1.165, 1.54) is 15.9 Å². The second-order valence-corrected chi connectivity index (χ2v) is 26.9. The average Bonchev–Trinajstić information content (AvgIpc) is 2.22. The third-order valence-corrected chi connectivity index (χ3v) is 34.2. The van der Waals surface area contributed by atoms with E-state index >= 15 is 0 Å². The van der Waals surface area contributed by atoms with Crippen molar-refractivity contribution in [3.8, 4) is 0 Å². The van der Waals surface area contributed by atoms with Crippen LogP contribution >= 0.6 is 28.1 Å². The van der Waals surface area contributed by atoms with Crippen molar-refractivity contribution >= 4 is 126 Å². The van der Waals surface area contributed by atoms with Gasteiger partial charge in [-0.2, -0.15) is 0 Å². The van der Waals surface area contributed by atoms with Crippen molar-refractivity contribution in [2.75, 3.05) is 0 Å². The van der Waals surface area contributed by atoms with Crippen molar-refractivity contribution in [3.63, 3.8) is 0 Å². The third kappa shape index (κ3) is 12.0. The van der Waals surface area contributed by atoms with E-state index < -0.39 is 0 Å². The molecular weight excluding hydrogens is 445 g/mol. The van der Waals surface area contributed by atoms with E-state index in [1.807, 2.05) is 9.50 Å². The smallest absolute Gasteiger partial charge is 0.0511 e. The first-order chi connectivity index (χ1) is 6.85. The van der Waals surface area contributed by atoms with Gasteiger partial charge in [0.05, 0.1) is 6.99 Å². The highest BCUT2D eigenvalue weighted by molar-refractivity contribution is 8.87. The van der Waals surface area contributed by atoms with Crippen LogP contribution in [-0.2, 0) is 97.6 Å². The Balaban J connectivity index is 5.00. The Morgan fingerprint density at radius 2 is 1.43 bits per heavy atom. The topological polar surface area (TPSA) is 0 Å². The Kier molecular flexibility index (Phi) is 18.3. The van der Waals surface area contributed by atoms with Crippen LogP contribution < -0.4 is 0 Å². The van der Waals surface area contributed by atoms with Crippen LogP contribution in [-0.4, -0.2) is 0 Å². The van der Waals surface area contributed by atoms with Gasteiger partial charge in [-0.25, -0.2) is 0 Å². The van der Waals surface area contributed by atoms with Crippen LogP contribution in [0.5, 0.6) is 0 Å². The molecule has 0 bridgehead atoms.